The van der Waals surface area contributed by atoms with Crippen LogP contribution in [0.1, 0.15) is 5.56 Å². The van der Waals surface area contributed by atoms with Crippen LogP contribution in [0, 0.1) is 10.1 Å². The third-order valence-electron chi connectivity index (χ3n) is 6.01. The number of nitro benzene ring substituents is 1. The molecule has 0 bridgehead atoms. The van der Waals surface area contributed by atoms with Crippen molar-refractivity contribution in [1.82, 2.24) is 0 Å². The number of nitro groups is 1. The molecular formula is C30H22ClN2O2+. The van der Waals surface area contributed by atoms with E-state index in [0.29, 0.717) is 17.1 Å². The van der Waals surface area contributed by atoms with E-state index in [9.17, 15) is 10.1 Å². The summed E-state index contributed by atoms with van der Waals surface area (Å²) in [4.78, 5) is 11.7. The standard InChI is InChI=1S/C30H22ClN2O2/c31-27-17-9-7-15-24(27)21-32-29(23-13-5-2-6-14-23)19-25(22-11-3-1-4-12-22)20-30(32)26-16-8-10-18-28(26)33(34)35/h1-20H,21H2/q+1. The Kier molecular flexibility index (Phi) is 6.38. The maximum atomic E-state index is 12.0. The number of hydrogen-bond donors (Lipinski definition) is 0. The summed E-state index contributed by atoms with van der Waals surface area (Å²) in [5.41, 5.74) is 6.27. The van der Waals surface area contributed by atoms with Crippen molar-refractivity contribution in [3.05, 3.63) is 142 Å². The van der Waals surface area contributed by atoms with Gasteiger partial charge >= 0.3 is 0 Å². The molecule has 5 heteroatoms. The summed E-state index contributed by atoms with van der Waals surface area (Å²) in [6, 6.07) is 38.9. The third kappa shape index (κ3) is 4.70. The van der Waals surface area contributed by atoms with Crippen LogP contribution < -0.4 is 4.57 Å². The van der Waals surface area contributed by atoms with Gasteiger partial charge in [0.1, 0.15) is 5.56 Å². The molecule has 0 unspecified atom stereocenters. The first-order chi connectivity index (χ1) is 17.1. The van der Waals surface area contributed by atoms with Crippen LogP contribution in [-0.4, -0.2) is 4.92 Å². The van der Waals surface area contributed by atoms with Gasteiger partial charge in [0, 0.05) is 29.3 Å². The number of pyridine rings is 1. The Morgan fingerprint density at radius 1 is 0.657 bits per heavy atom. The number of benzene rings is 4. The number of hydrogen-bond acceptors (Lipinski definition) is 2. The SMILES string of the molecule is O=[N+]([O-])c1ccccc1-c1cc(-c2ccccc2)cc(-c2ccccc2)[n+]1Cc1ccccc1Cl. The first-order valence-electron chi connectivity index (χ1n) is 11.3. The lowest BCUT2D eigenvalue weighted by Gasteiger charge is -2.14. The summed E-state index contributed by atoms with van der Waals surface area (Å²) >= 11 is 6.56. The summed E-state index contributed by atoms with van der Waals surface area (Å²) in [7, 11) is 0. The number of halogens is 1. The Morgan fingerprint density at radius 3 is 1.91 bits per heavy atom. The summed E-state index contributed by atoms with van der Waals surface area (Å²) < 4.78 is 2.12. The predicted molar refractivity (Wildman–Crippen MR) is 140 cm³/mol. The van der Waals surface area contributed by atoms with Crippen LogP contribution in [0.25, 0.3) is 33.6 Å². The Bertz CT molecular complexity index is 1500. The van der Waals surface area contributed by atoms with Crippen LogP contribution >= 0.6 is 11.6 Å². The lowest BCUT2D eigenvalue weighted by atomic mass is 9.98. The number of aromatic nitrogens is 1. The molecule has 0 fully saturated rings. The van der Waals surface area contributed by atoms with Gasteiger partial charge in [-0.2, -0.15) is 4.57 Å². The fourth-order valence-corrected chi connectivity index (χ4v) is 4.50. The third-order valence-corrected chi connectivity index (χ3v) is 6.37. The van der Waals surface area contributed by atoms with E-state index < -0.39 is 0 Å². The van der Waals surface area contributed by atoms with Gasteiger partial charge in [0.05, 0.1) is 9.95 Å². The van der Waals surface area contributed by atoms with E-state index in [1.807, 2.05) is 84.9 Å². The van der Waals surface area contributed by atoms with Gasteiger partial charge in [0.15, 0.2) is 6.54 Å². The summed E-state index contributed by atoms with van der Waals surface area (Å²) in [6.45, 7) is 0.459. The van der Waals surface area contributed by atoms with Crippen LogP contribution in [0.4, 0.5) is 5.69 Å². The van der Waals surface area contributed by atoms with Crippen molar-refractivity contribution in [1.29, 1.82) is 0 Å². The van der Waals surface area contributed by atoms with Crippen molar-refractivity contribution in [3.63, 3.8) is 0 Å². The summed E-state index contributed by atoms with van der Waals surface area (Å²) in [5, 5.41) is 12.7. The van der Waals surface area contributed by atoms with E-state index in [4.69, 9.17) is 11.6 Å². The van der Waals surface area contributed by atoms with Gasteiger partial charge in [-0.05, 0) is 35.4 Å². The molecule has 0 radical (unpaired) electrons. The van der Waals surface area contributed by atoms with Gasteiger partial charge in [-0.15, -0.1) is 0 Å². The van der Waals surface area contributed by atoms with E-state index in [2.05, 4.69) is 22.8 Å². The van der Waals surface area contributed by atoms with Gasteiger partial charge in [-0.1, -0.05) is 90.5 Å². The molecule has 0 saturated heterocycles. The molecule has 1 heterocycles. The molecule has 0 amide bonds. The molecule has 0 aliphatic rings. The van der Waals surface area contributed by atoms with Crippen LogP contribution in [0.5, 0.6) is 0 Å². The molecule has 35 heavy (non-hydrogen) atoms. The lowest BCUT2D eigenvalue weighted by Crippen LogP contribution is -2.40. The van der Waals surface area contributed by atoms with Crippen molar-refractivity contribution < 1.29 is 9.49 Å². The number of para-hydroxylation sites is 1. The molecule has 170 valence electrons. The minimum Gasteiger partial charge on any atom is -0.258 e. The smallest absolute Gasteiger partial charge is 0.258 e. The second-order valence-electron chi connectivity index (χ2n) is 8.20. The predicted octanol–water partition coefficient (Wildman–Crippen LogP) is 7.59. The zero-order valence-electron chi connectivity index (χ0n) is 18.8. The normalized spacial score (nSPS) is 10.8. The number of rotatable bonds is 6. The molecular weight excluding hydrogens is 456 g/mol. The van der Waals surface area contributed by atoms with E-state index >= 15 is 0 Å². The Balaban J connectivity index is 1.86. The van der Waals surface area contributed by atoms with Gasteiger partial charge in [0.2, 0.25) is 11.4 Å². The second-order valence-corrected chi connectivity index (χ2v) is 8.61. The molecule has 0 saturated carbocycles. The van der Waals surface area contributed by atoms with Crippen LogP contribution in [-0.2, 0) is 6.54 Å². The largest absolute Gasteiger partial charge is 0.283 e. The molecule has 0 spiro atoms. The van der Waals surface area contributed by atoms with Gasteiger partial charge in [-0.3, -0.25) is 10.1 Å². The monoisotopic (exact) mass is 477 g/mol. The first kappa shape index (κ1) is 22.5. The van der Waals surface area contributed by atoms with E-state index in [1.165, 1.54) is 0 Å². The quantitative estimate of drug-likeness (QED) is 0.144. The Hall–Kier alpha value is -4.28. The Labute approximate surface area is 208 Å². The molecule has 4 aromatic carbocycles. The van der Waals surface area contributed by atoms with E-state index in [0.717, 1.165) is 33.6 Å². The molecule has 5 aromatic rings. The van der Waals surface area contributed by atoms with Crippen molar-refractivity contribution in [2.24, 2.45) is 0 Å². The average molecular weight is 478 g/mol. The molecule has 5 rings (SSSR count). The highest BCUT2D eigenvalue weighted by Gasteiger charge is 2.28. The molecule has 0 aliphatic heterocycles. The van der Waals surface area contributed by atoms with E-state index in [1.54, 1.807) is 18.2 Å². The molecule has 0 N–H and O–H groups in total. The highest BCUT2D eigenvalue weighted by Crippen LogP contribution is 2.33. The van der Waals surface area contributed by atoms with E-state index in [-0.39, 0.29) is 10.6 Å². The van der Waals surface area contributed by atoms with Crippen LogP contribution in [0.15, 0.2) is 121 Å². The Morgan fingerprint density at radius 2 is 1.23 bits per heavy atom. The highest BCUT2D eigenvalue weighted by molar-refractivity contribution is 6.31. The topological polar surface area (TPSA) is 47.0 Å². The van der Waals surface area contributed by atoms with Crippen LogP contribution in [0.2, 0.25) is 5.02 Å². The highest BCUT2D eigenvalue weighted by atomic mass is 35.5. The zero-order valence-corrected chi connectivity index (χ0v) is 19.6. The molecule has 1 aromatic heterocycles. The average Bonchev–Trinajstić information content (AvgIpc) is 2.91. The fourth-order valence-electron chi connectivity index (χ4n) is 4.31. The van der Waals surface area contributed by atoms with Gasteiger partial charge in [0.25, 0.3) is 5.69 Å². The lowest BCUT2D eigenvalue weighted by molar-refractivity contribution is -0.666. The van der Waals surface area contributed by atoms with Crippen molar-refractivity contribution in [2.75, 3.05) is 0 Å². The molecule has 0 atom stereocenters. The maximum absolute atomic E-state index is 12.0. The minimum absolute atomic E-state index is 0.0598. The maximum Gasteiger partial charge on any atom is 0.283 e. The first-order valence-corrected chi connectivity index (χ1v) is 11.7. The minimum atomic E-state index is -0.327. The summed E-state index contributed by atoms with van der Waals surface area (Å²) in [5.74, 6) is 0. The fraction of sp³-hybridized carbons (Fsp3) is 0.0333. The van der Waals surface area contributed by atoms with Crippen molar-refractivity contribution >= 4 is 17.3 Å². The van der Waals surface area contributed by atoms with Crippen molar-refractivity contribution in [3.8, 4) is 33.6 Å². The van der Waals surface area contributed by atoms with Crippen LogP contribution in [0.3, 0.4) is 0 Å². The van der Waals surface area contributed by atoms with Crippen molar-refractivity contribution in [2.45, 2.75) is 6.54 Å². The number of nitrogens with zero attached hydrogens (tertiary/aromatic N) is 2. The zero-order chi connectivity index (χ0) is 24.2. The molecule has 4 nitrogen and oxygen atoms in total. The van der Waals surface area contributed by atoms with Gasteiger partial charge in [-0.25, -0.2) is 0 Å². The second kappa shape index (κ2) is 9.92. The molecule has 0 aliphatic carbocycles. The summed E-state index contributed by atoms with van der Waals surface area (Å²) in [6.07, 6.45) is 0. The van der Waals surface area contributed by atoms with Gasteiger partial charge < -0.3 is 0 Å².